The summed E-state index contributed by atoms with van der Waals surface area (Å²) < 4.78 is 12.6. The predicted molar refractivity (Wildman–Crippen MR) is 135 cm³/mol. The van der Waals surface area contributed by atoms with Crippen LogP contribution in [0.5, 0.6) is 17.2 Å². The average Bonchev–Trinajstić information content (AvgIpc) is 3.24. The van der Waals surface area contributed by atoms with Gasteiger partial charge >= 0.3 is 0 Å². The molecular formula is C26H25N3O3S. The minimum Gasteiger partial charge on any atom is -0.507 e. The molecule has 0 bridgehead atoms. The summed E-state index contributed by atoms with van der Waals surface area (Å²) in [5, 5.41) is 19.3. The normalized spacial score (nSPS) is 11.9. The first-order valence-corrected chi connectivity index (χ1v) is 11.4. The van der Waals surface area contributed by atoms with Crippen molar-refractivity contribution >= 4 is 28.3 Å². The van der Waals surface area contributed by atoms with E-state index in [2.05, 4.69) is 34.9 Å². The molecule has 0 saturated heterocycles. The number of hydrogen-bond donors (Lipinski definition) is 1. The van der Waals surface area contributed by atoms with E-state index in [1.807, 2.05) is 36.6 Å². The van der Waals surface area contributed by atoms with Gasteiger partial charge in [0.1, 0.15) is 17.2 Å². The second-order valence-corrected chi connectivity index (χ2v) is 8.01. The lowest BCUT2D eigenvalue weighted by atomic mass is 10.1. The van der Waals surface area contributed by atoms with E-state index in [9.17, 15) is 5.11 Å². The van der Waals surface area contributed by atoms with E-state index in [0.717, 1.165) is 32.6 Å². The molecule has 0 aliphatic heterocycles. The monoisotopic (exact) mass is 459 g/mol. The Morgan fingerprint density at radius 2 is 1.85 bits per heavy atom. The highest BCUT2D eigenvalue weighted by Crippen LogP contribution is 2.28. The number of hydrogen-bond acceptors (Lipinski definition) is 6. The van der Waals surface area contributed by atoms with Gasteiger partial charge in [0.15, 0.2) is 0 Å². The Bertz CT molecular complexity index is 1390. The first kappa shape index (κ1) is 22.4. The van der Waals surface area contributed by atoms with Crippen molar-refractivity contribution in [1.29, 1.82) is 0 Å². The molecule has 33 heavy (non-hydrogen) atoms. The number of rotatable bonds is 8. The molecule has 0 saturated carbocycles. The Kier molecular flexibility index (Phi) is 6.90. The Balaban J connectivity index is 1.76. The van der Waals surface area contributed by atoms with Crippen molar-refractivity contribution in [3.05, 3.63) is 83.0 Å². The van der Waals surface area contributed by atoms with Crippen LogP contribution in [0.15, 0.2) is 82.7 Å². The molecule has 0 fully saturated rings. The summed E-state index contributed by atoms with van der Waals surface area (Å²) in [7, 11) is 1.66. The Morgan fingerprint density at radius 3 is 2.61 bits per heavy atom. The van der Waals surface area contributed by atoms with Crippen LogP contribution in [0.4, 0.5) is 0 Å². The number of aromatic nitrogens is 1. The number of benzene rings is 3. The van der Waals surface area contributed by atoms with E-state index >= 15 is 0 Å². The highest BCUT2D eigenvalue weighted by Gasteiger charge is 2.09. The third-order valence-corrected chi connectivity index (χ3v) is 5.86. The van der Waals surface area contributed by atoms with Crippen LogP contribution in [0.1, 0.15) is 12.5 Å². The lowest BCUT2D eigenvalue weighted by Gasteiger charge is -2.08. The summed E-state index contributed by atoms with van der Waals surface area (Å²) in [6.07, 6.45) is 3.37. The zero-order chi connectivity index (χ0) is 23.2. The van der Waals surface area contributed by atoms with Gasteiger partial charge in [-0.1, -0.05) is 24.3 Å². The van der Waals surface area contributed by atoms with E-state index in [1.54, 1.807) is 36.2 Å². The van der Waals surface area contributed by atoms with Gasteiger partial charge in [-0.25, -0.2) is 4.68 Å². The van der Waals surface area contributed by atoms with Crippen LogP contribution in [0, 0.1) is 0 Å². The van der Waals surface area contributed by atoms with Gasteiger partial charge in [-0.3, -0.25) is 4.99 Å². The van der Waals surface area contributed by atoms with Crippen LogP contribution >= 0.6 is 11.3 Å². The van der Waals surface area contributed by atoms with Crippen molar-refractivity contribution in [2.75, 3.05) is 20.3 Å². The number of methoxy groups -OCH3 is 1. The average molecular weight is 460 g/mol. The zero-order valence-corrected chi connectivity index (χ0v) is 19.4. The summed E-state index contributed by atoms with van der Waals surface area (Å²) in [4.78, 5) is 5.32. The summed E-state index contributed by atoms with van der Waals surface area (Å²) in [5.74, 6) is 1.54. The molecule has 0 atom stereocenters. The third-order valence-electron chi connectivity index (χ3n) is 5.01. The van der Waals surface area contributed by atoms with Crippen molar-refractivity contribution in [3.8, 4) is 28.5 Å². The van der Waals surface area contributed by atoms with Gasteiger partial charge in [0.05, 0.1) is 32.2 Å². The SMILES string of the molecule is C=CCN=c1scc(-c2ccc3cc(OC)ccc3c2)n1N=Cc1ccc(OCC)cc1O. The van der Waals surface area contributed by atoms with Crippen molar-refractivity contribution in [3.63, 3.8) is 0 Å². The van der Waals surface area contributed by atoms with Gasteiger partial charge in [-0.15, -0.1) is 17.9 Å². The summed E-state index contributed by atoms with van der Waals surface area (Å²) >= 11 is 1.50. The second kappa shape index (κ2) is 10.2. The van der Waals surface area contributed by atoms with Crippen molar-refractivity contribution in [2.24, 2.45) is 10.1 Å². The molecule has 0 amide bonds. The van der Waals surface area contributed by atoms with E-state index < -0.39 is 0 Å². The molecule has 0 aliphatic carbocycles. The van der Waals surface area contributed by atoms with E-state index in [0.29, 0.717) is 24.5 Å². The fourth-order valence-corrected chi connectivity index (χ4v) is 4.23. The minimum absolute atomic E-state index is 0.103. The maximum atomic E-state index is 10.4. The molecule has 4 rings (SSSR count). The maximum Gasteiger partial charge on any atom is 0.206 e. The fourth-order valence-electron chi connectivity index (χ4n) is 3.38. The number of fused-ring (bicyclic) bond motifs is 1. The van der Waals surface area contributed by atoms with Crippen molar-refractivity contribution in [2.45, 2.75) is 6.92 Å². The zero-order valence-electron chi connectivity index (χ0n) is 18.6. The fraction of sp³-hybridized carbons (Fsp3) is 0.154. The summed E-state index contributed by atoms with van der Waals surface area (Å²) in [5.41, 5.74) is 2.50. The van der Waals surface area contributed by atoms with Crippen molar-refractivity contribution < 1.29 is 14.6 Å². The number of ether oxygens (including phenoxy) is 2. The number of thiazole rings is 1. The molecule has 0 unspecified atom stereocenters. The van der Waals surface area contributed by atoms with Gasteiger partial charge in [-0.05, 0) is 48.0 Å². The highest BCUT2D eigenvalue weighted by molar-refractivity contribution is 7.07. The largest absolute Gasteiger partial charge is 0.507 e. The van der Waals surface area contributed by atoms with Gasteiger partial charge in [0.25, 0.3) is 0 Å². The third kappa shape index (κ3) is 4.99. The Labute approximate surface area is 196 Å². The molecule has 3 aromatic carbocycles. The first-order chi connectivity index (χ1) is 16.1. The number of nitrogens with zero attached hydrogens (tertiary/aromatic N) is 3. The molecular weight excluding hydrogens is 434 g/mol. The van der Waals surface area contributed by atoms with Crippen LogP contribution in [0.3, 0.4) is 0 Å². The molecule has 7 heteroatoms. The lowest BCUT2D eigenvalue weighted by molar-refractivity contribution is 0.337. The van der Waals surface area contributed by atoms with Gasteiger partial charge in [-0.2, -0.15) is 5.10 Å². The highest BCUT2D eigenvalue weighted by atomic mass is 32.1. The Hall–Kier alpha value is -3.84. The van der Waals surface area contributed by atoms with E-state index in [-0.39, 0.29) is 5.75 Å². The van der Waals surface area contributed by atoms with E-state index in [4.69, 9.17) is 9.47 Å². The molecule has 1 heterocycles. The van der Waals surface area contributed by atoms with Gasteiger partial charge < -0.3 is 14.6 Å². The molecule has 0 aliphatic rings. The molecule has 1 aromatic heterocycles. The van der Waals surface area contributed by atoms with Crippen molar-refractivity contribution in [1.82, 2.24) is 4.68 Å². The topological polar surface area (TPSA) is 68.3 Å². The molecule has 168 valence electrons. The number of phenolic OH excluding ortho intramolecular Hbond substituents is 1. The van der Waals surface area contributed by atoms with Gasteiger partial charge in [0, 0.05) is 22.6 Å². The van der Waals surface area contributed by atoms with Crippen LogP contribution in [-0.4, -0.2) is 36.3 Å². The second-order valence-electron chi connectivity index (χ2n) is 7.17. The minimum atomic E-state index is 0.103. The van der Waals surface area contributed by atoms with Crippen LogP contribution in [0.2, 0.25) is 0 Å². The first-order valence-electron chi connectivity index (χ1n) is 10.5. The smallest absolute Gasteiger partial charge is 0.206 e. The van der Waals surface area contributed by atoms with Gasteiger partial charge in [0.2, 0.25) is 4.80 Å². The molecule has 1 N–H and O–H groups in total. The number of phenols is 1. The predicted octanol–water partition coefficient (Wildman–Crippen LogP) is 5.45. The summed E-state index contributed by atoms with van der Waals surface area (Å²) in [6.45, 7) is 6.68. The quantitative estimate of drug-likeness (QED) is 0.281. The maximum absolute atomic E-state index is 10.4. The standard InChI is InChI=1S/C26H25N3O3S/c1-4-12-27-26-29(28-16-21-9-11-23(32-5-2)15-25(21)30)24(17-33-26)20-7-6-19-14-22(31-3)10-8-18(19)13-20/h4,6-11,13-17,30H,1,5,12H2,2-3H3. The van der Waals surface area contributed by atoms with Crippen LogP contribution < -0.4 is 14.3 Å². The number of aromatic hydroxyl groups is 1. The van der Waals surface area contributed by atoms with Crippen LogP contribution in [-0.2, 0) is 0 Å². The lowest BCUT2D eigenvalue weighted by Crippen LogP contribution is -2.12. The Morgan fingerprint density at radius 1 is 1.06 bits per heavy atom. The molecule has 0 spiro atoms. The molecule has 0 radical (unpaired) electrons. The summed E-state index contributed by atoms with van der Waals surface area (Å²) in [6, 6.07) is 17.4. The van der Waals surface area contributed by atoms with E-state index in [1.165, 1.54) is 11.3 Å². The molecule has 6 nitrogen and oxygen atoms in total. The van der Waals surface area contributed by atoms with Crippen LogP contribution in [0.25, 0.3) is 22.0 Å². The molecule has 4 aromatic rings.